The summed E-state index contributed by atoms with van der Waals surface area (Å²) in [6, 6.07) is 0. The zero-order valence-electron chi connectivity index (χ0n) is 27.8. The number of ether oxygens (including phenoxy) is 8. The molecule has 10 unspecified atom stereocenters. The van der Waals surface area contributed by atoms with E-state index in [-0.39, 0.29) is 39.6 Å². The van der Waals surface area contributed by atoms with Crippen molar-refractivity contribution in [1.82, 2.24) is 0 Å². The first-order valence-corrected chi connectivity index (χ1v) is 14.7. The lowest BCUT2D eigenvalue weighted by molar-refractivity contribution is -0.267. The van der Waals surface area contributed by atoms with Gasteiger partial charge in [0.25, 0.3) is 0 Å². The fourth-order valence-electron chi connectivity index (χ4n) is 5.05. The quantitative estimate of drug-likeness (QED) is 0.0652. The molecule has 10 atom stereocenters. The molecule has 276 valence electrons. The van der Waals surface area contributed by atoms with Gasteiger partial charge in [-0.25, -0.2) is 19.2 Å². The van der Waals surface area contributed by atoms with Crippen LogP contribution in [-0.2, 0) is 57.1 Å². The molecule has 18 heteroatoms. The molecule has 0 bridgehead atoms. The summed E-state index contributed by atoms with van der Waals surface area (Å²) in [6.07, 6.45) is -1.44. The van der Waals surface area contributed by atoms with Crippen LogP contribution in [0.4, 0.5) is 0 Å². The highest BCUT2D eigenvalue weighted by Crippen LogP contribution is 2.35. The maximum absolute atomic E-state index is 11.5. The van der Waals surface area contributed by atoms with Gasteiger partial charge in [-0.1, -0.05) is 0 Å². The monoisotopic (exact) mass is 696 g/mol. The van der Waals surface area contributed by atoms with Gasteiger partial charge in [0.2, 0.25) is 0 Å². The van der Waals surface area contributed by atoms with Crippen LogP contribution in [0.3, 0.4) is 0 Å². The average Bonchev–Trinajstić information content (AvgIpc) is 3.42. The first kappa shape index (κ1) is 43.1. The first-order valence-electron chi connectivity index (χ1n) is 14.7. The molecule has 3 rings (SSSR count). The lowest BCUT2D eigenvalue weighted by Crippen LogP contribution is -2.64. The highest BCUT2D eigenvalue weighted by molar-refractivity contribution is 6.04. The Morgan fingerprint density at radius 1 is 0.750 bits per heavy atom. The smallest absolute Gasteiger partial charge is 0.338 e. The minimum absolute atomic E-state index is 0.0348. The Bertz CT molecular complexity index is 1070. The lowest BCUT2D eigenvalue weighted by atomic mass is 9.79. The van der Waals surface area contributed by atoms with E-state index in [2.05, 4.69) is 4.74 Å². The third-order valence-corrected chi connectivity index (χ3v) is 7.79. The van der Waals surface area contributed by atoms with Crippen LogP contribution in [0, 0.1) is 11.8 Å². The summed E-state index contributed by atoms with van der Waals surface area (Å²) in [5, 5.41) is 59.0. The zero-order chi connectivity index (χ0) is 36.7. The van der Waals surface area contributed by atoms with Crippen molar-refractivity contribution in [3.8, 4) is 0 Å². The van der Waals surface area contributed by atoms with E-state index in [1.165, 1.54) is 42.3 Å². The summed E-state index contributed by atoms with van der Waals surface area (Å²) in [6.45, 7) is 2.94. The molecule has 2 fully saturated rings. The summed E-state index contributed by atoms with van der Waals surface area (Å²) in [4.78, 5) is 41.7. The Morgan fingerprint density at radius 3 is 1.52 bits per heavy atom. The van der Waals surface area contributed by atoms with E-state index in [1.807, 2.05) is 0 Å². The molecule has 0 aromatic heterocycles. The van der Waals surface area contributed by atoms with Crippen LogP contribution in [0.25, 0.3) is 0 Å². The number of carbonyl (C=O) groups is 4. The highest BCUT2D eigenvalue weighted by Gasteiger charge is 2.53. The summed E-state index contributed by atoms with van der Waals surface area (Å²) in [5.74, 6) is -4.39. The van der Waals surface area contributed by atoms with Crippen molar-refractivity contribution < 1.29 is 87.7 Å². The Hall–Kier alpha value is -2.88. The molecule has 3 heterocycles. The van der Waals surface area contributed by atoms with Crippen LogP contribution in [0.5, 0.6) is 0 Å². The van der Waals surface area contributed by atoms with Crippen LogP contribution in [0.1, 0.15) is 13.8 Å². The van der Waals surface area contributed by atoms with Crippen LogP contribution in [0.15, 0.2) is 24.3 Å². The zero-order valence-corrected chi connectivity index (χ0v) is 27.8. The molecular weight excluding hydrogens is 648 g/mol. The Morgan fingerprint density at radius 2 is 1.17 bits per heavy atom. The number of methoxy groups -OCH3 is 4. The van der Waals surface area contributed by atoms with Crippen molar-refractivity contribution in [3.05, 3.63) is 24.3 Å². The van der Waals surface area contributed by atoms with E-state index in [4.69, 9.17) is 38.3 Å². The second-order valence-electron chi connectivity index (χ2n) is 11.4. The maximum Gasteiger partial charge on any atom is 0.338 e. The van der Waals surface area contributed by atoms with Crippen LogP contribution < -0.4 is 0 Å². The molecular formula is C30H48O18. The molecule has 3 aliphatic rings. The highest BCUT2D eigenvalue weighted by atomic mass is 16.6. The third-order valence-electron chi connectivity index (χ3n) is 7.79. The van der Waals surface area contributed by atoms with Gasteiger partial charge in [0, 0.05) is 64.6 Å². The molecule has 0 aromatic carbocycles. The fourth-order valence-corrected chi connectivity index (χ4v) is 5.05. The summed E-state index contributed by atoms with van der Waals surface area (Å²) in [7, 11) is 5.85. The molecule has 0 amide bonds. The number of carbonyl (C=O) groups excluding carboxylic acids is 3. The number of carboxylic acids is 1. The fraction of sp³-hybridized carbons (Fsp3) is 0.733. The van der Waals surface area contributed by atoms with Gasteiger partial charge < -0.3 is 68.5 Å². The molecule has 18 nitrogen and oxygen atoms in total. The molecule has 0 aliphatic carbocycles. The van der Waals surface area contributed by atoms with Gasteiger partial charge in [-0.2, -0.15) is 0 Å². The number of aliphatic carboxylic acids is 1. The van der Waals surface area contributed by atoms with Crippen molar-refractivity contribution in [2.45, 2.75) is 61.7 Å². The van der Waals surface area contributed by atoms with E-state index < -0.39 is 83.5 Å². The summed E-state index contributed by atoms with van der Waals surface area (Å²) in [5.41, 5.74) is -2.99. The van der Waals surface area contributed by atoms with Crippen LogP contribution in [0.2, 0.25) is 0 Å². The largest absolute Gasteiger partial charge is 0.478 e. The minimum Gasteiger partial charge on any atom is -0.478 e. The van der Waals surface area contributed by atoms with Gasteiger partial charge in [-0.05, 0) is 13.8 Å². The van der Waals surface area contributed by atoms with E-state index >= 15 is 0 Å². The normalized spacial score (nSPS) is 34.5. The predicted molar refractivity (Wildman–Crippen MR) is 160 cm³/mol. The van der Waals surface area contributed by atoms with Gasteiger partial charge in [-0.15, -0.1) is 0 Å². The van der Waals surface area contributed by atoms with E-state index in [9.17, 15) is 44.7 Å². The van der Waals surface area contributed by atoms with Crippen molar-refractivity contribution in [2.24, 2.45) is 11.8 Å². The number of hydrogen-bond acceptors (Lipinski definition) is 17. The number of esters is 3. The average molecular weight is 697 g/mol. The second-order valence-corrected chi connectivity index (χ2v) is 11.4. The number of rotatable bonds is 13. The third kappa shape index (κ3) is 12.5. The minimum atomic E-state index is -1.57. The van der Waals surface area contributed by atoms with E-state index in [0.717, 1.165) is 18.2 Å². The second kappa shape index (κ2) is 20.6. The van der Waals surface area contributed by atoms with Crippen molar-refractivity contribution >= 4 is 23.9 Å². The standard InChI is InChI=1S/C15H24O9.C11H22O6.C4H2O3/c1-15(20)11(8-22-3)24-10(9(6-21-2)14(15)19)7-23-13(18)5-4-12(16)17;1-11(14)9(6-16-3)17-8(4-12)7(5-15-2)10(11)13;5-3-1-2-4(6)7-3/h4-5,9-11,14,19-20H,6-8H2,1-3H3,(H,16,17);7-10,12-14H,4-6H2,1-3H3;1-2H/b5-4-;;. The van der Waals surface area contributed by atoms with Gasteiger partial charge in [0.1, 0.15) is 30.0 Å². The SMILES string of the molecule is COCC1C(CO)OC(COC)C(C)(O)C1O.COCC1C(COC(=O)/C=C\C(=O)O)OC(COC)C(C)(O)C1O.O=C1C=CC(=O)O1. The Kier molecular flexibility index (Phi) is 18.5. The Balaban J connectivity index is 0.000000413. The van der Waals surface area contributed by atoms with Crippen LogP contribution in [-0.4, -0.2) is 170 Å². The maximum atomic E-state index is 11.5. The molecule has 48 heavy (non-hydrogen) atoms. The number of cyclic esters (lactones) is 2. The summed E-state index contributed by atoms with van der Waals surface area (Å²) < 4.78 is 40.2. The number of aliphatic hydroxyl groups excluding tert-OH is 3. The van der Waals surface area contributed by atoms with Gasteiger partial charge in [0.05, 0.1) is 57.5 Å². The molecule has 0 saturated carbocycles. The van der Waals surface area contributed by atoms with E-state index in [0.29, 0.717) is 6.08 Å². The number of aliphatic hydroxyl groups is 5. The Labute approximate surface area is 277 Å². The van der Waals surface area contributed by atoms with E-state index in [1.54, 1.807) is 0 Å². The van der Waals surface area contributed by atoms with Crippen molar-refractivity contribution in [1.29, 1.82) is 0 Å². The van der Waals surface area contributed by atoms with Crippen molar-refractivity contribution in [2.75, 3.05) is 68.1 Å². The predicted octanol–water partition coefficient (Wildman–Crippen LogP) is -2.65. The molecule has 0 radical (unpaired) electrons. The number of carboxylic acid groups (broad SMARTS) is 1. The van der Waals surface area contributed by atoms with Crippen molar-refractivity contribution in [3.63, 3.8) is 0 Å². The molecule has 0 spiro atoms. The molecule has 6 N–H and O–H groups in total. The van der Waals surface area contributed by atoms with Gasteiger partial charge in [-0.3, -0.25) is 0 Å². The lowest BCUT2D eigenvalue weighted by Gasteiger charge is -2.48. The van der Waals surface area contributed by atoms with Gasteiger partial charge in [0.15, 0.2) is 0 Å². The molecule has 2 saturated heterocycles. The molecule has 3 aliphatic heterocycles. The topological polar surface area (TPSA) is 263 Å². The molecule has 0 aromatic rings. The van der Waals surface area contributed by atoms with Gasteiger partial charge >= 0.3 is 23.9 Å². The van der Waals surface area contributed by atoms with Crippen LogP contribution >= 0.6 is 0 Å². The number of hydrogen-bond donors (Lipinski definition) is 6. The summed E-state index contributed by atoms with van der Waals surface area (Å²) >= 11 is 0. The first-order chi connectivity index (χ1) is 22.5.